The average molecular weight is 288 g/mol. The summed E-state index contributed by atoms with van der Waals surface area (Å²) in [5.74, 6) is -0.506. The molecule has 0 atom stereocenters. The normalized spacial score (nSPS) is 13.6. The Morgan fingerprint density at radius 2 is 1.81 bits per heavy atom. The number of hydrogen-bond donors (Lipinski definition) is 2. The molecule has 0 spiro atoms. The predicted molar refractivity (Wildman–Crippen MR) is 78.5 cm³/mol. The maximum Gasteiger partial charge on any atom is 0.241 e. The van der Waals surface area contributed by atoms with Crippen molar-refractivity contribution in [1.82, 2.24) is 10.9 Å². The number of nitrogens with one attached hydrogen (secondary N) is 2. The van der Waals surface area contributed by atoms with Gasteiger partial charge in [-0.25, -0.2) is 0 Å². The lowest BCUT2D eigenvalue weighted by Gasteiger charge is -2.08. The number of aryl methyl sites for hydroxylation is 2. The highest BCUT2D eigenvalue weighted by Crippen LogP contribution is 2.28. The van der Waals surface area contributed by atoms with Crippen molar-refractivity contribution in [3.63, 3.8) is 0 Å². The molecule has 1 fully saturated rings. The minimum absolute atomic E-state index is 0.0434. The summed E-state index contributed by atoms with van der Waals surface area (Å²) in [5, 5.41) is 0. The monoisotopic (exact) mass is 288 g/mol. The first-order valence-electron chi connectivity index (χ1n) is 7.16. The summed E-state index contributed by atoms with van der Waals surface area (Å²) >= 11 is 0. The Labute approximate surface area is 124 Å². The molecule has 1 aliphatic carbocycles. The first kappa shape index (κ1) is 15.2. The van der Waals surface area contributed by atoms with E-state index < -0.39 is 0 Å². The maximum absolute atomic E-state index is 12.1. The van der Waals surface area contributed by atoms with Gasteiger partial charge in [-0.3, -0.25) is 25.2 Å². The number of carbonyl (C=O) groups is 3. The average Bonchev–Trinajstić information content (AvgIpc) is 3.29. The van der Waals surface area contributed by atoms with Crippen molar-refractivity contribution < 1.29 is 14.4 Å². The van der Waals surface area contributed by atoms with Crippen LogP contribution in [0.25, 0.3) is 0 Å². The van der Waals surface area contributed by atoms with Gasteiger partial charge in [-0.1, -0.05) is 17.7 Å². The smallest absolute Gasteiger partial charge is 0.241 e. The lowest BCUT2D eigenvalue weighted by Crippen LogP contribution is -2.42. The number of amides is 2. The summed E-state index contributed by atoms with van der Waals surface area (Å²) in [6, 6.07) is 5.69. The largest absolute Gasteiger partial charge is 0.294 e. The number of hydrazine groups is 1. The molecule has 1 aromatic carbocycles. The first-order valence-corrected chi connectivity index (χ1v) is 7.16. The van der Waals surface area contributed by atoms with Crippen molar-refractivity contribution in [1.29, 1.82) is 0 Å². The second kappa shape index (κ2) is 6.52. The van der Waals surface area contributed by atoms with Gasteiger partial charge in [0.1, 0.15) is 0 Å². The quantitative estimate of drug-likeness (QED) is 0.641. The van der Waals surface area contributed by atoms with Crippen LogP contribution in [0.2, 0.25) is 0 Å². The number of hydrogen-bond acceptors (Lipinski definition) is 3. The summed E-state index contributed by atoms with van der Waals surface area (Å²) in [7, 11) is 0. The molecule has 1 saturated carbocycles. The van der Waals surface area contributed by atoms with E-state index in [1.165, 1.54) is 0 Å². The van der Waals surface area contributed by atoms with E-state index in [0.717, 1.165) is 24.0 Å². The Balaban J connectivity index is 1.78. The van der Waals surface area contributed by atoms with E-state index in [1.807, 2.05) is 32.0 Å². The van der Waals surface area contributed by atoms with Crippen LogP contribution in [0.1, 0.15) is 47.2 Å². The standard InChI is InChI=1S/C16H20N2O3/c1-10-3-4-11(2)13(9-10)14(19)7-8-15(20)17-18-16(21)12-5-6-12/h3-4,9,12H,5-8H2,1-2H3,(H,17,20)(H,18,21). The first-order chi connectivity index (χ1) is 9.97. The Bertz CT molecular complexity index is 577. The van der Waals surface area contributed by atoms with Crippen molar-refractivity contribution in [2.45, 2.75) is 39.5 Å². The lowest BCUT2D eigenvalue weighted by molar-refractivity contribution is -0.129. The molecule has 2 amide bonds. The summed E-state index contributed by atoms with van der Waals surface area (Å²) in [5.41, 5.74) is 7.31. The number of carbonyl (C=O) groups excluding carboxylic acids is 3. The second-order valence-corrected chi connectivity index (χ2v) is 5.55. The fraction of sp³-hybridized carbons (Fsp3) is 0.438. The molecule has 0 radical (unpaired) electrons. The van der Waals surface area contributed by atoms with E-state index in [0.29, 0.717) is 5.56 Å². The lowest BCUT2D eigenvalue weighted by atomic mass is 9.99. The van der Waals surface area contributed by atoms with Crippen molar-refractivity contribution in [2.75, 3.05) is 0 Å². The molecule has 2 rings (SSSR count). The van der Waals surface area contributed by atoms with Gasteiger partial charge in [0.25, 0.3) is 0 Å². The number of Topliss-reactive ketones (excluding diaryl/α,β-unsaturated/α-hetero) is 1. The minimum atomic E-state index is -0.345. The van der Waals surface area contributed by atoms with E-state index in [4.69, 9.17) is 0 Å². The molecule has 1 aromatic rings. The molecule has 5 nitrogen and oxygen atoms in total. The number of ketones is 1. The molecule has 0 unspecified atom stereocenters. The molecule has 112 valence electrons. The fourth-order valence-corrected chi connectivity index (χ4v) is 2.04. The van der Waals surface area contributed by atoms with Crippen molar-refractivity contribution in [2.24, 2.45) is 5.92 Å². The summed E-state index contributed by atoms with van der Waals surface area (Å²) < 4.78 is 0. The number of benzene rings is 1. The van der Waals surface area contributed by atoms with Gasteiger partial charge in [-0.05, 0) is 38.3 Å². The van der Waals surface area contributed by atoms with Crippen molar-refractivity contribution in [3.05, 3.63) is 34.9 Å². The molecular formula is C16H20N2O3. The van der Waals surface area contributed by atoms with Gasteiger partial charge < -0.3 is 0 Å². The molecule has 21 heavy (non-hydrogen) atoms. The highest BCUT2D eigenvalue weighted by Gasteiger charge is 2.29. The van der Waals surface area contributed by atoms with E-state index in [2.05, 4.69) is 10.9 Å². The SMILES string of the molecule is Cc1ccc(C)c(C(=O)CCC(=O)NNC(=O)C2CC2)c1. The molecule has 0 aromatic heterocycles. The summed E-state index contributed by atoms with van der Waals surface area (Å²) in [4.78, 5) is 35.1. The van der Waals surface area contributed by atoms with Crippen LogP contribution in [0.15, 0.2) is 18.2 Å². The Hall–Kier alpha value is -2.17. The molecule has 5 heteroatoms. The van der Waals surface area contributed by atoms with Crippen molar-refractivity contribution >= 4 is 17.6 Å². The van der Waals surface area contributed by atoms with Gasteiger partial charge in [0.05, 0.1) is 0 Å². The van der Waals surface area contributed by atoms with E-state index in [9.17, 15) is 14.4 Å². The van der Waals surface area contributed by atoms with Gasteiger partial charge in [0, 0.05) is 24.3 Å². The third kappa shape index (κ3) is 4.41. The fourth-order valence-electron chi connectivity index (χ4n) is 2.04. The highest BCUT2D eigenvalue weighted by atomic mass is 16.2. The maximum atomic E-state index is 12.1. The van der Waals surface area contributed by atoms with Crippen molar-refractivity contribution in [3.8, 4) is 0 Å². The van der Waals surface area contributed by atoms with Gasteiger partial charge in [0.15, 0.2) is 5.78 Å². The van der Waals surface area contributed by atoms with Gasteiger partial charge in [-0.15, -0.1) is 0 Å². The zero-order valence-electron chi connectivity index (χ0n) is 12.4. The van der Waals surface area contributed by atoms with E-state index >= 15 is 0 Å². The summed E-state index contributed by atoms with van der Waals surface area (Å²) in [6.45, 7) is 3.80. The highest BCUT2D eigenvalue weighted by molar-refractivity contribution is 5.99. The van der Waals surface area contributed by atoms with Crippen LogP contribution in [0.3, 0.4) is 0 Å². The van der Waals surface area contributed by atoms with Crippen LogP contribution in [0.5, 0.6) is 0 Å². The van der Waals surface area contributed by atoms with Crippen LogP contribution >= 0.6 is 0 Å². The second-order valence-electron chi connectivity index (χ2n) is 5.55. The zero-order valence-corrected chi connectivity index (χ0v) is 12.4. The van der Waals surface area contributed by atoms with Gasteiger partial charge in [0.2, 0.25) is 11.8 Å². The van der Waals surface area contributed by atoms with Crippen LogP contribution in [0.4, 0.5) is 0 Å². The van der Waals surface area contributed by atoms with Gasteiger partial charge >= 0.3 is 0 Å². The molecule has 0 saturated heterocycles. The van der Waals surface area contributed by atoms with Crippen LogP contribution in [-0.4, -0.2) is 17.6 Å². The van der Waals surface area contributed by atoms with Crippen LogP contribution in [0, 0.1) is 19.8 Å². The number of rotatable bonds is 5. The Morgan fingerprint density at radius 3 is 2.48 bits per heavy atom. The third-order valence-corrected chi connectivity index (χ3v) is 3.55. The van der Waals surface area contributed by atoms with Gasteiger partial charge in [-0.2, -0.15) is 0 Å². The Morgan fingerprint density at radius 1 is 1.10 bits per heavy atom. The molecule has 0 heterocycles. The molecule has 1 aliphatic rings. The molecule has 0 aliphatic heterocycles. The predicted octanol–water partition coefficient (Wildman–Crippen LogP) is 1.82. The van der Waals surface area contributed by atoms with Crippen LogP contribution < -0.4 is 10.9 Å². The third-order valence-electron chi connectivity index (χ3n) is 3.55. The topological polar surface area (TPSA) is 75.3 Å². The van der Waals surface area contributed by atoms with Crippen LogP contribution in [-0.2, 0) is 9.59 Å². The molecule has 2 N–H and O–H groups in total. The molecule has 0 bridgehead atoms. The van der Waals surface area contributed by atoms with E-state index in [-0.39, 0.29) is 36.4 Å². The summed E-state index contributed by atoms with van der Waals surface area (Å²) in [6.07, 6.45) is 1.96. The Kier molecular flexibility index (Phi) is 4.73. The minimum Gasteiger partial charge on any atom is -0.294 e. The van der Waals surface area contributed by atoms with E-state index in [1.54, 1.807) is 0 Å². The zero-order chi connectivity index (χ0) is 15.4. The molecular weight excluding hydrogens is 268 g/mol.